The van der Waals surface area contributed by atoms with Crippen molar-refractivity contribution < 1.29 is 14.3 Å². The van der Waals surface area contributed by atoms with Gasteiger partial charge >= 0.3 is 6.09 Å². The van der Waals surface area contributed by atoms with Crippen LogP contribution in [0.3, 0.4) is 0 Å². The first kappa shape index (κ1) is 24.1. The van der Waals surface area contributed by atoms with Gasteiger partial charge in [0.25, 0.3) is 0 Å². The lowest BCUT2D eigenvalue weighted by atomic mass is 9.99. The van der Waals surface area contributed by atoms with E-state index < -0.39 is 11.7 Å². The highest BCUT2D eigenvalue weighted by atomic mass is 16.6. The molecule has 2 aromatic heterocycles. The van der Waals surface area contributed by atoms with Crippen LogP contribution in [0.5, 0.6) is 0 Å². The fourth-order valence-corrected chi connectivity index (χ4v) is 4.34. The van der Waals surface area contributed by atoms with Gasteiger partial charge in [-0.05, 0) is 74.4 Å². The molecular weight excluding hydrogens is 442 g/mol. The van der Waals surface area contributed by atoms with E-state index in [2.05, 4.69) is 25.4 Å². The third kappa shape index (κ3) is 5.40. The maximum absolute atomic E-state index is 12.7. The third-order valence-corrected chi connectivity index (χ3v) is 6.24. The first-order valence-corrected chi connectivity index (χ1v) is 11.6. The number of nitrogens with one attached hydrogen (secondary N) is 2. The van der Waals surface area contributed by atoms with Crippen molar-refractivity contribution in [2.45, 2.75) is 40.2 Å². The van der Waals surface area contributed by atoms with Gasteiger partial charge in [0, 0.05) is 35.5 Å². The average molecular weight is 472 g/mol. The molecule has 2 amide bonds. The van der Waals surface area contributed by atoms with Crippen LogP contribution in [0.25, 0.3) is 26.7 Å². The molecular formula is C27H29N5O3. The van der Waals surface area contributed by atoms with Gasteiger partial charge in [0.15, 0.2) is 0 Å². The van der Waals surface area contributed by atoms with Crippen molar-refractivity contribution in [3.05, 3.63) is 59.8 Å². The number of anilines is 2. The fourth-order valence-electron chi connectivity index (χ4n) is 4.34. The van der Waals surface area contributed by atoms with Gasteiger partial charge in [-0.25, -0.2) is 16.4 Å². The summed E-state index contributed by atoms with van der Waals surface area (Å²) >= 11 is 0. The Balaban J connectivity index is 1.70. The SMILES string of the molecule is [C-]#[N+]C[C@H]1C(C)[C@@H]1C(=O)Nc1cc2cc(-c3cnccc3C)cc(NC(=O)OC(C)(C)C)c2cn1. The first-order chi connectivity index (χ1) is 16.6. The smallest absolute Gasteiger partial charge is 0.412 e. The summed E-state index contributed by atoms with van der Waals surface area (Å²) in [4.78, 5) is 37.4. The van der Waals surface area contributed by atoms with Crippen molar-refractivity contribution in [1.82, 2.24) is 9.97 Å². The maximum Gasteiger partial charge on any atom is 0.412 e. The molecule has 1 fully saturated rings. The number of benzene rings is 1. The van der Waals surface area contributed by atoms with Crippen LogP contribution in [0.4, 0.5) is 16.3 Å². The number of ether oxygens (including phenoxy) is 1. The van der Waals surface area contributed by atoms with Crippen LogP contribution in [0.15, 0.2) is 42.9 Å². The lowest BCUT2D eigenvalue weighted by Gasteiger charge is -2.20. The van der Waals surface area contributed by atoms with Crippen LogP contribution in [0, 0.1) is 31.2 Å². The second kappa shape index (κ2) is 9.34. The van der Waals surface area contributed by atoms with E-state index in [1.165, 1.54) is 0 Å². The van der Waals surface area contributed by atoms with E-state index in [4.69, 9.17) is 11.3 Å². The highest BCUT2D eigenvalue weighted by Gasteiger charge is 2.53. The standard InChI is InChI=1S/C27H29N5O3/c1-15-7-8-29-13-19(15)17-9-18-11-23(32-25(33)24-16(2)20(24)12-28-6)30-14-21(18)22(10-17)31-26(34)35-27(3,4)5/h7-11,13-14,16,20,24H,12H2,1-5H3,(H,31,34)(H,30,32,33)/t16?,20-,24-/m0/s1. The summed E-state index contributed by atoms with van der Waals surface area (Å²) < 4.78 is 5.45. The summed E-state index contributed by atoms with van der Waals surface area (Å²) in [5, 5.41) is 7.26. The highest BCUT2D eigenvalue weighted by Crippen LogP contribution is 2.46. The molecule has 180 valence electrons. The van der Waals surface area contributed by atoms with Gasteiger partial charge in [-0.1, -0.05) is 6.92 Å². The van der Waals surface area contributed by atoms with Gasteiger partial charge in [-0.2, -0.15) is 0 Å². The van der Waals surface area contributed by atoms with Crippen LogP contribution in [-0.4, -0.2) is 34.1 Å². The number of carbonyl (C=O) groups is 2. The van der Waals surface area contributed by atoms with Crippen LogP contribution >= 0.6 is 0 Å². The molecule has 4 rings (SSSR count). The van der Waals surface area contributed by atoms with Crippen molar-refractivity contribution in [3.8, 4) is 11.1 Å². The Labute approximate surface area is 204 Å². The van der Waals surface area contributed by atoms with Gasteiger partial charge in [0.2, 0.25) is 12.5 Å². The molecule has 0 radical (unpaired) electrons. The Morgan fingerprint density at radius 1 is 1.17 bits per heavy atom. The summed E-state index contributed by atoms with van der Waals surface area (Å²) in [6.45, 7) is 16.8. The lowest BCUT2D eigenvalue weighted by Crippen LogP contribution is -2.27. The van der Waals surface area contributed by atoms with Crippen molar-refractivity contribution in [2.24, 2.45) is 17.8 Å². The molecule has 3 atom stereocenters. The van der Waals surface area contributed by atoms with E-state index in [-0.39, 0.29) is 23.7 Å². The van der Waals surface area contributed by atoms with E-state index in [0.29, 0.717) is 23.4 Å². The number of aromatic nitrogens is 2. The number of amides is 2. The van der Waals surface area contributed by atoms with Crippen LogP contribution < -0.4 is 10.6 Å². The molecule has 35 heavy (non-hydrogen) atoms. The summed E-state index contributed by atoms with van der Waals surface area (Å²) in [7, 11) is 0. The van der Waals surface area contributed by atoms with Crippen molar-refractivity contribution in [1.29, 1.82) is 0 Å². The Morgan fingerprint density at radius 2 is 1.94 bits per heavy atom. The van der Waals surface area contributed by atoms with Gasteiger partial charge in [0.1, 0.15) is 11.4 Å². The summed E-state index contributed by atoms with van der Waals surface area (Å²) in [6, 6.07) is 7.57. The number of aryl methyl sites for hydroxylation is 1. The predicted octanol–water partition coefficient (Wildman–Crippen LogP) is 5.69. The molecule has 1 aliphatic rings. The molecule has 3 aromatic rings. The Hall–Kier alpha value is -3.99. The fraction of sp³-hybridized carbons (Fsp3) is 0.370. The molecule has 1 aliphatic carbocycles. The zero-order chi connectivity index (χ0) is 25.3. The summed E-state index contributed by atoms with van der Waals surface area (Å²) in [6.07, 6.45) is 4.58. The number of nitrogens with zero attached hydrogens (tertiary/aromatic N) is 3. The molecule has 0 aliphatic heterocycles. The van der Waals surface area contributed by atoms with Gasteiger partial charge in [0.05, 0.1) is 11.6 Å². The summed E-state index contributed by atoms with van der Waals surface area (Å²) in [5.41, 5.74) is 2.74. The summed E-state index contributed by atoms with van der Waals surface area (Å²) in [5.74, 6) is 0.415. The number of pyridine rings is 2. The molecule has 0 saturated heterocycles. The molecule has 2 N–H and O–H groups in total. The first-order valence-electron chi connectivity index (χ1n) is 11.6. The number of hydrogen-bond acceptors (Lipinski definition) is 5. The minimum Gasteiger partial charge on any atom is -0.444 e. The second-order valence-electron chi connectivity index (χ2n) is 10.0. The molecule has 0 bridgehead atoms. The zero-order valence-electron chi connectivity index (χ0n) is 20.5. The Morgan fingerprint density at radius 3 is 2.63 bits per heavy atom. The molecule has 2 heterocycles. The quantitative estimate of drug-likeness (QED) is 0.466. The second-order valence-corrected chi connectivity index (χ2v) is 10.0. The normalized spacial score (nSPS) is 19.0. The molecule has 8 nitrogen and oxygen atoms in total. The van der Waals surface area contributed by atoms with E-state index >= 15 is 0 Å². The van der Waals surface area contributed by atoms with E-state index in [0.717, 1.165) is 22.1 Å². The molecule has 0 spiro atoms. The monoisotopic (exact) mass is 471 g/mol. The lowest BCUT2D eigenvalue weighted by molar-refractivity contribution is -0.117. The third-order valence-electron chi connectivity index (χ3n) is 6.24. The number of fused-ring (bicyclic) bond motifs is 1. The van der Waals surface area contributed by atoms with Gasteiger partial charge < -0.3 is 14.9 Å². The van der Waals surface area contributed by atoms with Gasteiger partial charge in [-0.15, -0.1) is 0 Å². The van der Waals surface area contributed by atoms with Crippen LogP contribution in [0.2, 0.25) is 0 Å². The average Bonchev–Trinajstić information content (AvgIpc) is 3.41. The van der Waals surface area contributed by atoms with Gasteiger partial charge in [-0.3, -0.25) is 15.1 Å². The predicted molar refractivity (Wildman–Crippen MR) is 136 cm³/mol. The van der Waals surface area contributed by atoms with Crippen molar-refractivity contribution >= 4 is 34.3 Å². The molecule has 1 saturated carbocycles. The topological polar surface area (TPSA) is 97.6 Å². The largest absolute Gasteiger partial charge is 0.444 e. The Kier molecular flexibility index (Phi) is 6.44. The number of rotatable bonds is 5. The van der Waals surface area contributed by atoms with E-state index in [9.17, 15) is 9.59 Å². The van der Waals surface area contributed by atoms with Crippen molar-refractivity contribution in [3.63, 3.8) is 0 Å². The number of carbonyl (C=O) groups excluding carboxylic acids is 2. The molecule has 8 heteroatoms. The Bertz CT molecular complexity index is 1340. The molecule has 1 unspecified atom stereocenters. The zero-order valence-corrected chi connectivity index (χ0v) is 20.5. The van der Waals surface area contributed by atoms with Crippen LogP contribution in [-0.2, 0) is 9.53 Å². The minimum atomic E-state index is -0.641. The van der Waals surface area contributed by atoms with Crippen molar-refractivity contribution in [2.75, 3.05) is 17.2 Å². The number of hydrogen-bond donors (Lipinski definition) is 2. The van der Waals surface area contributed by atoms with E-state index in [1.807, 2.05) is 32.0 Å². The maximum atomic E-state index is 12.7. The minimum absolute atomic E-state index is 0.0951. The highest BCUT2D eigenvalue weighted by molar-refractivity contribution is 6.04. The molecule has 1 aromatic carbocycles. The van der Waals surface area contributed by atoms with E-state index in [1.54, 1.807) is 45.4 Å². The van der Waals surface area contributed by atoms with Crippen LogP contribution in [0.1, 0.15) is 33.3 Å².